The number of amides is 1. The van der Waals surface area contributed by atoms with Crippen LogP contribution in [0.25, 0.3) is 0 Å². The maximum Gasteiger partial charge on any atom is 0.455 e. The molecule has 4 rings (SSSR count). The van der Waals surface area contributed by atoms with Gasteiger partial charge in [0.25, 0.3) is 0 Å². The largest absolute Gasteiger partial charge is 0.507 e. The molecule has 12 heteroatoms. The van der Waals surface area contributed by atoms with E-state index in [1.807, 2.05) is 0 Å². The summed E-state index contributed by atoms with van der Waals surface area (Å²) in [5.74, 6) is -2.90. The van der Waals surface area contributed by atoms with E-state index in [0.717, 1.165) is 0 Å². The van der Waals surface area contributed by atoms with Crippen LogP contribution in [0.4, 0.5) is 0 Å². The van der Waals surface area contributed by atoms with Crippen LogP contribution in [0.15, 0.2) is 24.7 Å². The third kappa shape index (κ3) is 3.60. The van der Waals surface area contributed by atoms with Crippen molar-refractivity contribution in [1.29, 1.82) is 0 Å². The van der Waals surface area contributed by atoms with Crippen molar-refractivity contribution in [3.8, 4) is 11.5 Å². The molecule has 0 radical (unpaired) electrons. The second-order valence-electron chi connectivity index (χ2n) is 7.56. The maximum atomic E-state index is 12.4. The molecule has 158 valence electrons. The number of nitrogens with zero attached hydrogens (tertiary/aromatic N) is 2. The lowest BCUT2D eigenvalue weighted by molar-refractivity contribution is -0.141. The lowest BCUT2D eigenvalue weighted by Crippen LogP contribution is -2.58. The van der Waals surface area contributed by atoms with Crippen molar-refractivity contribution in [2.24, 2.45) is 5.73 Å². The molecule has 1 aromatic heterocycles. The average molecular weight is 416 g/mol. The van der Waals surface area contributed by atoms with Crippen LogP contribution in [-0.2, 0) is 4.79 Å². The number of likely N-dealkylation sites (tertiary alicyclic amines) is 1. The molecule has 1 unspecified atom stereocenters. The number of phenols is 1. The van der Waals surface area contributed by atoms with E-state index in [1.54, 1.807) is 6.20 Å². The molecule has 11 nitrogen and oxygen atoms in total. The minimum atomic E-state index is -1.52. The minimum absolute atomic E-state index is 0.0146. The number of nitrogens with two attached hydrogens (primary N) is 1. The Balaban J connectivity index is 1.42. The number of rotatable bonds is 7. The number of carbonyl (C=O) groups excluding carboxylic acids is 1. The number of aromatic nitrogens is 2. The monoisotopic (exact) mass is 416 g/mol. The standard InChI is InChI=1S/C18H21BN4O7/c20-15(12-4-21-7-22-12)17(25)23-5-8(6-23)30-13-2-1-9(10-3-11(10)19(28)29)16(24)14(13)18(26)27/h1-2,4,7-8,10-11,15,24,28-29H,3,5-6,20H2,(H,21,22)(H,26,27)/t10?,11-,15+/m1/s1. The van der Waals surface area contributed by atoms with Crippen LogP contribution in [0.1, 0.15) is 40.0 Å². The number of aromatic amines is 1. The van der Waals surface area contributed by atoms with Gasteiger partial charge in [0.05, 0.1) is 25.1 Å². The van der Waals surface area contributed by atoms with Gasteiger partial charge in [0.2, 0.25) is 5.91 Å². The van der Waals surface area contributed by atoms with Crippen LogP contribution in [-0.4, -0.2) is 73.3 Å². The zero-order valence-corrected chi connectivity index (χ0v) is 15.8. The highest BCUT2D eigenvalue weighted by molar-refractivity contribution is 6.44. The van der Waals surface area contributed by atoms with E-state index in [-0.39, 0.29) is 36.2 Å². The van der Waals surface area contributed by atoms with Crippen LogP contribution in [0, 0.1) is 0 Å². The Kier molecular flexibility index (Phi) is 5.14. The van der Waals surface area contributed by atoms with Crippen molar-refractivity contribution in [3.05, 3.63) is 41.5 Å². The molecule has 1 saturated carbocycles. The molecular formula is C18H21BN4O7. The van der Waals surface area contributed by atoms with Gasteiger partial charge >= 0.3 is 13.1 Å². The summed E-state index contributed by atoms with van der Waals surface area (Å²) >= 11 is 0. The van der Waals surface area contributed by atoms with Crippen LogP contribution >= 0.6 is 0 Å². The highest BCUT2D eigenvalue weighted by Gasteiger charge is 2.48. The van der Waals surface area contributed by atoms with E-state index in [4.69, 9.17) is 10.5 Å². The molecule has 1 saturated heterocycles. The Morgan fingerprint density at radius 2 is 2.07 bits per heavy atom. The van der Waals surface area contributed by atoms with Crippen LogP contribution < -0.4 is 10.5 Å². The summed E-state index contributed by atoms with van der Waals surface area (Å²) in [6.45, 7) is 0.444. The molecule has 1 aliphatic heterocycles. The number of imidazole rings is 1. The molecule has 1 amide bonds. The Hall–Kier alpha value is -3.09. The van der Waals surface area contributed by atoms with Gasteiger partial charge in [-0.15, -0.1) is 0 Å². The van der Waals surface area contributed by atoms with Crippen LogP contribution in [0.2, 0.25) is 5.82 Å². The molecule has 2 aromatic rings. The Morgan fingerprint density at radius 1 is 1.33 bits per heavy atom. The topological polar surface area (TPSA) is 182 Å². The first kappa shape index (κ1) is 20.2. The van der Waals surface area contributed by atoms with Crippen LogP contribution in [0.3, 0.4) is 0 Å². The third-order valence-electron chi connectivity index (χ3n) is 5.56. The van der Waals surface area contributed by atoms with Crippen molar-refractivity contribution in [3.63, 3.8) is 0 Å². The van der Waals surface area contributed by atoms with Gasteiger partial charge in [0.1, 0.15) is 29.2 Å². The molecule has 2 aliphatic rings. The molecular weight excluding hydrogens is 395 g/mol. The maximum absolute atomic E-state index is 12.4. The van der Waals surface area contributed by atoms with Gasteiger partial charge in [-0.25, -0.2) is 9.78 Å². The zero-order valence-electron chi connectivity index (χ0n) is 15.8. The Morgan fingerprint density at radius 3 is 2.63 bits per heavy atom. The second kappa shape index (κ2) is 7.63. The van der Waals surface area contributed by atoms with Gasteiger partial charge < -0.3 is 40.6 Å². The van der Waals surface area contributed by atoms with Crippen LogP contribution in [0.5, 0.6) is 11.5 Å². The minimum Gasteiger partial charge on any atom is -0.507 e. The number of benzene rings is 1. The molecule has 0 spiro atoms. The van der Waals surface area contributed by atoms with E-state index >= 15 is 0 Å². The van der Waals surface area contributed by atoms with Crippen molar-refractivity contribution in [1.82, 2.24) is 14.9 Å². The molecule has 0 bridgehead atoms. The number of carboxylic acid groups (broad SMARTS) is 1. The number of carboxylic acids is 1. The number of carbonyl (C=O) groups is 2. The Bertz CT molecular complexity index is 962. The summed E-state index contributed by atoms with van der Waals surface area (Å²) in [7, 11) is -1.52. The smallest absolute Gasteiger partial charge is 0.455 e. The summed E-state index contributed by atoms with van der Waals surface area (Å²) in [6, 6.07) is 2.07. The number of hydrogen-bond acceptors (Lipinski definition) is 8. The fraction of sp³-hybridized carbons (Fsp3) is 0.389. The van der Waals surface area contributed by atoms with Gasteiger partial charge in [0, 0.05) is 12.0 Å². The normalized spacial score (nSPS) is 21.6. The van der Waals surface area contributed by atoms with Gasteiger partial charge in [-0.3, -0.25) is 4.79 Å². The highest BCUT2D eigenvalue weighted by atomic mass is 16.5. The number of ether oxygens (including phenoxy) is 1. The molecule has 1 aromatic carbocycles. The first-order valence-corrected chi connectivity index (χ1v) is 9.43. The average Bonchev–Trinajstić information content (AvgIpc) is 3.27. The molecule has 1 aliphatic carbocycles. The van der Waals surface area contributed by atoms with Gasteiger partial charge in [0.15, 0.2) is 0 Å². The summed E-state index contributed by atoms with van der Waals surface area (Å²) < 4.78 is 5.71. The van der Waals surface area contributed by atoms with E-state index in [2.05, 4.69) is 9.97 Å². The number of nitrogens with one attached hydrogen (secondary N) is 1. The van der Waals surface area contributed by atoms with Gasteiger partial charge in [-0.2, -0.15) is 0 Å². The number of hydrogen-bond donors (Lipinski definition) is 6. The Labute approximate surface area is 171 Å². The lowest BCUT2D eigenvalue weighted by atomic mass is 9.81. The zero-order chi connectivity index (χ0) is 21.6. The molecule has 2 fully saturated rings. The quantitative estimate of drug-likeness (QED) is 0.322. The second-order valence-corrected chi connectivity index (χ2v) is 7.56. The van der Waals surface area contributed by atoms with Crippen molar-refractivity contribution in [2.75, 3.05) is 13.1 Å². The van der Waals surface area contributed by atoms with E-state index in [9.17, 15) is 29.9 Å². The summed E-state index contributed by atoms with van der Waals surface area (Å²) in [4.78, 5) is 32.3. The fourth-order valence-corrected chi connectivity index (χ4v) is 3.73. The first-order chi connectivity index (χ1) is 14.3. The van der Waals surface area contributed by atoms with Crippen molar-refractivity contribution in [2.45, 2.75) is 30.3 Å². The third-order valence-corrected chi connectivity index (χ3v) is 5.56. The van der Waals surface area contributed by atoms with Crippen molar-refractivity contribution < 1.29 is 34.6 Å². The number of aromatic hydroxyl groups is 1. The van der Waals surface area contributed by atoms with E-state index in [1.165, 1.54) is 23.4 Å². The first-order valence-electron chi connectivity index (χ1n) is 9.43. The number of aromatic carboxylic acids is 1. The lowest BCUT2D eigenvalue weighted by Gasteiger charge is -2.40. The summed E-state index contributed by atoms with van der Waals surface area (Å²) in [5.41, 5.74) is 6.27. The van der Waals surface area contributed by atoms with Gasteiger partial charge in [-0.05, 0) is 24.0 Å². The van der Waals surface area contributed by atoms with E-state index < -0.39 is 36.8 Å². The molecule has 7 N–H and O–H groups in total. The highest BCUT2D eigenvalue weighted by Crippen LogP contribution is 2.56. The number of H-pyrrole nitrogens is 1. The van der Waals surface area contributed by atoms with Gasteiger partial charge in [-0.1, -0.05) is 6.07 Å². The molecule has 30 heavy (non-hydrogen) atoms. The molecule has 2 heterocycles. The SMILES string of the molecule is N[C@H](C(=O)N1CC(Oc2ccc(C3C[C@H]3B(O)O)c(O)c2C(=O)O)C1)c1c[nH]cn1. The van der Waals surface area contributed by atoms with Crippen molar-refractivity contribution >= 4 is 19.0 Å². The summed E-state index contributed by atoms with van der Waals surface area (Å²) in [5, 5.41) is 38.5. The fourth-order valence-electron chi connectivity index (χ4n) is 3.73. The predicted molar refractivity (Wildman–Crippen MR) is 103 cm³/mol. The van der Waals surface area contributed by atoms with E-state index in [0.29, 0.717) is 17.7 Å². The summed E-state index contributed by atoms with van der Waals surface area (Å²) in [6.07, 6.45) is 2.97. The molecule has 3 atom stereocenters. The predicted octanol–water partition coefficient (Wildman–Crippen LogP) is -0.567.